The van der Waals surface area contributed by atoms with Crippen LogP contribution in [0.25, 0.3) is 11.1 Å². The van der Waals surface area contributed by atoms with Gasteiger partial charge in [0.1, 0.15) is 5.75 Å². The van der Waals surface area contributed by atoms with Crippen molar-refractivity contribution in [2.45, 2.75) is 12.8 Å². The zero-order valence-corrected chi connectivity index (χ0v) is 13.6. The van der Waals surface area contributed by atoms with Gasteiger partial charge in [-0.05, 0) is 47.6 Å². The highest BCUT2D eigenvalue weighted by atomic mass is 16.7. The van der Waals surface area contributed by atoms with Gasteiger partial charge < -0.3 is 14.6 Å². The van der Waals surface area contributed by atoms with E-state index in [2.05, 4.69) is 0 Å². The standard InChI is InChI=1S/C20H20O4/c1-23-13-24-17-11-9-16(10-12-17)19(20(21)22)18(15-7-8-15)14-5-3-2-4-6-14/h2-6,9-12,15H,7-8,13H2,1H3,(H,21,22)/b19-18-. The van der Waals surface area contributed by atoms with Gasteiger partial charge in [0.05, 0.1) is 5.57 Å². The monoisotopic (exact) mass is 324 g/mol. The summed E-state index contributed by atoms with van der Waals surface area (Å²) in [6.45, 7) is 0.165. The van der Waals surface area contributed by atoms with Gasteiger partial charge in [-0.1, -0.05) is 42.5 Å². The van der Waals surface area contributed by atoms with E-state index in [1.807, 2.05) is 30.3 Å². The molecule has 1 aliphatic carbocycles. The van der Waals surface area contributed by atoms with Crippen molar-refractivity contribution < 1.29 is 19.4 Å². The van der Waals surface area contributed by atoms with Gasteiger partial charge in [-0.25, -0.2) is 4.79 Å². The predicted octanol–water partition coefficient (Wildman–Crippen LogP) is 4.07. The number of allylic oxidation sites excluding steroid dienone is 1. The maximum atomic E-state index is 12.0. The third-order valence-electron chi connectivity index (χ3n) is 4.04. The maximum Gasteiger partial charge on any atom is 0.336 e. The molecule has 1 saturated carbocycles. The summed E-state index contributed by atoms with van der Waals surface area (Å²) in [5, 5.41) is 9.84. The van der Waals surface area contributed by atoms with Crippen molar-refractivity contribution >= 4 is 17.1 Å². The quantitative estimate of drug-likeness (QED) is 0.474. The zero-order chi connectivity index (χ0) is 16.9. The summed E-state index contributed by atoms with van der Waals surface area (Å²) in [6, 6.07) is 16.9. The lowest BCUT2D eigenvalue weighted by Gasteiger charge is -2.13. The second-order valence-corrected chi connectivity index (χ2v) is 5.81. The van der Waals surface area contributed by atoms with Crippen molar-refractivity contribution in [2.75, 3.05) is 13.9 Å². The highest BCUT2D eigenvalue weighted by Gasteiger charge is 2.32. The van der Waals surface area contributed by atoms with Gasteiger partial charge in [-0.2, -0.15) is 0 Å². The molecular weight excluding hydrogens is 304 g/mol. The molecule has 0 aromatic heterocycles. The van der Waals surface area contributed by atoms with E-state index in [1.54, 1.807) is 31.4 Å². The molecule has 3 rings (SSSR count). The van der Waals surface area contributed by atoms with Crippen molar-refractivity contribution in [1.29, 1.82) is 0 Å². The fraction of sp³-hybridized carbons (Fsp3) is 0.250. The minimum Gasteiger partial charge on any atom is -0.478 e. The summed E-state index contributed by atoms with van der Waals surface area (Å²) < 4.78 is 10.2. The fourth-order valence-electron chi connectivity index (χ4n) is 2.81. The Morgan fingerprint density at radius 3 is 2.25 bits per heavy atom. The second-order valence-electron chi connectivity index (χ2n) is 5.81. The molecule has 2 aromatic carbocycles. The molecule has 1 aliphatic rings. The molecule has 0 aliphatic heterocycles. The average molecular weight is 324 g/mol. The van der Waals surface area contributed by atoms with Crippen LogP contribution in [0.1, 0.15) is 24.0 Å². The van der Waals surface area contributed by atoms with Crippen molar-refractivity contribution in [1.82, 2.24) is 0 Å². The Kier molecular flexibility index (Phi) is 4.96. The van der Waals surface area contributed by atoms with Crippen LogP contribution in [0.4, 0.5) is 0 Å². The first-order chi connectivity index (χ1) is 11.7. The van der Waals surface area contributed by atoms with Crippen LogP contribution < -0.4 is 4.74 Å². The average Bonchev–Trinajstić information content (AvgIpc) is 3.43. The van der Waals surface area contributed by atoms with Crippen molar-refractivity contribution in [2.24, 2.45) is 5.92 Å². The number of hydrogen-bond donors (Lipinski definition) is 1. The Morgan fingerprint density at radius 1 is 1.04 bits per heavy atom. The van der Waals surface area contributed by atoms with E-state index in [0.29, 0.717) is 22.8 Å². The number of ether oxygens (including phenoxy) is 2. The number of hydrogen-bond acceptors (Lipinski definition) is 3. The highest BCUT2D eigenvalue weighted by molar-refractivity contribution is 6.24. The number of carbonyl (C=O) groups is 1. The van der Waals surface area contributed by atoms with Crippen molar-refractivity contribution in [3.63, 3.8) is 0 Å². The molecule has 24 heavy (non-hydrogen) atoms. The van der Waals surface area contributed by atoms with Crippen LogP contribution in [-0.4, -0.2) is 25.0 Å². The van der Waals surface area contributed by atoms with Crippen LogP contribution in [0.3, 0.4) is 0 Å². The summed E-state index contributed by atoms with van der Waals surface area (Å²) >= 11 is 0. The molecule has 4 nitrogen and oxygen atoms in total. The molecular formula is C20H20O4. The Morgan fingerprint density at radius 2 is 1.71 bits per heavy atom. The van der Waals surface area contributed by atoms with Crippen molar-refractivity contribution in [3.05, 3.63) is 65.7 Å². The van der Waals surface area contributed by atoms with E-state index < -0.39 is 5.97 Å². The molecule has 2 aromatic rings. The molecule has 0 unspecified atom stereocenters. The van der Waals surface area contributed by atoms with E-state index in [0.717, 1.165) is 24.0 Å². The number of carboxylic acids is 1. The highest BCUT2D eigenvalue weighted by Crippen LogP contribution is 2.45. The van der Waals surface area contributed by atoms with Gasteiger partial charge in [-0.3, -0.25) is 0 Å². The topological polar surface area (TPSA) is 55.8 Å². The van der Waals surface area contributed by atoms with Gasteiger partial charge in [0, 0.05) is 7.11 Å². The lowest BCUT2D eigenvalue weighted by molar-refractivity contribution is -0.130. The largest absolute Gasteiger partial charge is 0.478 e. The van der Waals surface area contributed by atoms with Gasteiger partial charge in [0.25, 0.3) is 0 Å². The van der Waals surface area contributed by atoms with E-state index in [1.165, 1.54) is 0 Å². The maximum absolute atomic E-state index is 12.0. The normalized spacial score (nSPS) is 14.9. The Bertz CT molecular complexity index is 728. The predicted molar refractivity (Wildman–Crippen MR) is 92.6 cm³/mol. The van der Waals surface area contributed by atoms with Crippen LogP contribution in [0.2, 0.25) is 0 Å². The fourth-order valence-corrected chi connectivity index (χ4v) is 2.81. The molecule has 124 valence electrons. The Hall–Kier alpha value is -2.59. The lowest BCUT2D eigenvalue weighted by atomic mass is 9.91. The number of rotatable bonds is 7. The van der Waals surface area contributed by atoms with Crippen molar-refractivity contribution in [3.8, 4) is 5.75 Å². The number of benzene rings is 2. The molecule has 1 N–H and O–H groups in total. The van der Waals surface area contributed by atoms with E-state index in [-0.39, 0.29) is 6.79 Å². The van der Waals surface area contributed by atoms with E-state index >= 15 is 0 Å². The van der Waals surface area contributed by atoms with Crippen LogP contribution in [0, 0.1) is 5.92 Å². The molecule has 0 amide bonds. The van der Waals surface area contributed by atoms with Gasteiger partial charge in [0.2, 0.25) is 0 Å². The number of methoxy groups -OCH3 is 1. The molecule has 0 heterocycles. The molecule has 1 fully saturated rings. The Labute approximate surface area is 141 Å². The minimum atomic E-state index is -0.897. The molecule has 0 bridgehead atoms. The van der Waals surface area contributed by atoms with E-state index in [9.17, 15) is 9.90 Å². The van der Waals surface area contributed by atoms with Gasteiger partial charge in [-0.15, -0.1) is 0 Å². The molecule has 0 spiro atoms. The third kappa shape index (κ3) is 3.66. The van der Waals surface area contributed by atoms with Gasteiger partial charge in [0.15, 0.2) is 6.79 Å². The summed E-state index contributed by atoms with van der Waals surface area (Å²) in [6.07, 6.45) is 2.08. The molecule has 0 atom stereocenters. The third-order valence-corrected chi connectivity index (χ3v) is 4.04. The molecule has 4 heteroatoms. The zero-order valence-electron chi connectivity index (χ0n) is 13.6. The van der Waals surface area contributed by atoms with Gasteiger partial charge >= 0.3 is 5.97 Å². The minimum absolute atomic E-state index is 0.165. The molecule has 0 radical (unpaired) electrons. The lowest BCUT2D eigenvalue weighted by Crippen LogP contribution is -2.05. The number of carboxylic acid groups (broad SMARTS) is 1. The first-order valence-electron chi connectivity index (χ1n) is 7.95. The van der Waals surface area contributed by atoms with E-state index in [4.69, 9.17) is 9.47 Å². The summed E-state index contributed by atoms with van der Waals surface area (Å²) in [7, 11) is 1.56. The first kappa shape index (κ1) is 16.3. The molecule has 0 saturated heterocycles. The summed E-state index contributed by atoms with van der Waals surface area (Å²) in [5.74, 6) is 0.0762. The van der Waals surface area contributed by atoms with Crippen LogP contribution in [0.15, 0.2) is 54.6 Å². The second kappa shape index (κ2) is 7.32. The summed E-state index contributed by atoms with van der Waals surface area (Å²) in [4.78, 5) is 12.0. The first-order valence-corrected chi connectivity index (χ1v) is 7.95. The van der Waals surface area contributed by atoms with Crippen LogP contribution in [0.5, 0.6) is 5.75 Å². The smallest absolute Gasteiger partial charge is 0.336 e. The number of aliphatic carboxylic acids is 1. The SMILES string of the molecule is COCOc1ccc(/C(C(=O)O)=C(\c2ccccc2)C2CC2)cc1. The van der Waals surface area contributed by atoms with Crippen LogP contribution >= 0.6 is 0 Å². The Balaban J connectivity index is 2.03. The summed E-state index contributed by atoms with van der Waals surface area (Å²) in [5.41, 5.74) is 2.98. The van der Waals surface area contributed by atoms with Crippen LogP contribution in [-0.2, 0) is 9.53 Å².